The molecule has 0 fully saturated rings. The van der Waals surface area contributed by atoms with Crippen molar-refractivity contribution in [2.24, 2.45) is 5.73 Å². The maximum Gasteiger partial charge on any atom is 0.337 e. The fourth-order valence-electron chi connectivity index (χ4n) is 1.36. The van der Waals surface area contributed by atoms with E-state index in [0.717, 1.165) is 11.4 Å². The molecule has 7 heteroatoms. The third kappa shape index (κ3) is 5.62. The smallest absolute Gasteiger partial charge is 0.337 e. The van der Waals surface area contributed by atoms with Gasteiger partial charge in [0.25, 0.3) is 0 Å². The molecule has 2 rings (SSSR count). The summed E-state index contributed by atoms with van der Waals surface area (Å²) in [5.74, 6) is -0.369. The Morgan fingerprint density at radius 1 is 1.33 bits per heavy atom. The lowest BCUT2D eigenvalue weighted by Crippen LogP contribution is -2.18. The molecule has 0 bridgehead atoms. The first-order valence-corrected chi connectivity index (χ1v) is 6.56. The number of aromatic nitrogens is 2. The van der Waals surface area contributed by atoms with E-state index in [9.17, 15) is 4.79 Å². The summed E-state index contributed by atoms with van der Waals surface area (Å²) >= 11 is 4.66. The number of thiocarbonyl (C=S) groups is 1. The highest BCUT2D eigenvalue weighted by molar-refractivity contribution is 7.80. The molecule has 0 unspecified atom stereocenters. The van der Waals surface area contributed by atoms with Gasteiger partial charge in [-0.3, -0.25) is 5.10 Å². The summed E-state index contributed by atoms with van der Waals surface area (Å²) in [5.41, 5.74) is 8.88. The van der Waals surface area contributed by atoms with Crippen molar-refractivity contribution in [3.63, 3.8) is 0 Å². The summed E-state index contributed by atoms with van der Waals surface area (Å²) in [4.78, 5) is 11.1. The molecule has 0 radical (unpaired) electrons. The first kappa shape index (κ1) is 16.6. The second-order valence-corrected chi connectivity index (χ2v) is 4.68. The Bertz CT molecular complexity index is 591. The van der Waals surface area contributed by atoms with Crippen molar-refractivity contribution in [1.82, 2.24) is 10.2 Å². The molecule has 112 valence electrons. The number of nitrogens with two attached hydrogens (primary N) is 1. The van der Waals surface area contributed by atoms with Crippen LogP contribution in [0.5, 0.6) is 0 Å². The predicted molar refractivity (Wildman–Crippen MR) is 86.3 cm³/mol. The number of methoxy groups -OCH3 is 1. The van der Waals surface area contributed by atoms with Gasteiger partial charge >= 0.3 is 5.97 Å². The van der Waals surface area contributed by atoms with Gasteiger partial charge in [-0.15, -0.1) is 0 Å². The molecule has 0 aliphatic carbocycles. The van der Waals surface area contributed by atoms with Crippen LogP contribution in [0, 0.1) is 13.8 Å². The maximum atomic E-state index is 11.1. The number of benzene rings is 1. The van der Waals surface area contributed by atoms with Crippen LogP contribution in [0.25, 0.3) is 0 Å². The van der Waals surface area contributed by atoms with E-state index in [1.807, 2.05) is 20.0 Å². The van der Waals surface area contributed by atoms with Crippen molar-refractivity contribution in [2.75, 3.05) is 12.4 Å². The molecule has 0 amide bonds. The monoisotopic (exact) mass is 306 g/mol. The molecule has 21 heavy (non-hydrogen) atoms. The Morgan fingerprint density at radius 3 is 2.29 bits per heavy atom. The summed E-state index contributed by atoms with van der Waals surface area (Å²) < 4.78 is 4.55. The minimum atomic E-state index is -0.369. The average Bonchev–Trinajstić information content (AvgIpc) is 2.83. The Labute approximate surface area is 128 Å². The number of ether oxygens (including phenoxy) is 1. The number of carbonyl (C=O) groups is 1. The largest absolute Gasteiger partial charge is 0.465 e. The summed E-state index contributed by atoms with van der Waals surface area (Å²) in [6.45, 7) is 4.03. The van der Waals surface area contributed by atoms with Gasteiger partial charge in [-0.2, -0.15) is 5.10 Å². The molecule has 2 aromatic rings. The third-order valence-electron chi connectivity index (χ3n) is 2.66. The van der Waals surface area contributed by atoms with Crippen molar-refractivity contribution >= 4 is 29.0 Å². The van der Waals surface area contributed by atoms with Crippen LogP contribution in [-0.2, 0) is 4.74 Å². The lowest BCUT2D eigenvalue weighted by atomic mass is 10.2. The zero-order chi connectivity index (χ0) is 15.8. The van der Waals surface area contributed by atoms with Gasteiger partial charge in [0, 0.05) is 11.4 Å². The minimum absolute atomic E-state index is 0.191. The van der Waals surface area contributed by atoms with Crippen LogP contribution in [0.4, 0.5) is 5.69 Å². The van der Waals surface area contributed by atoms with Gasteiger partial charge in [0.05, 0.1) is 18.9 Å². The van der Waals surface area contributed by atoms with Crippen LogP contribution in [0.3, 0.4) is 0 Å². The van der Waals surface area contributed by atoms with E-state index in [2.05, 4.69) is 32.5 Å². The van der Waals surface area contributed by atoms with Gasteiger partial charge < -0.3 is 15.8 Å². The zero-order valence-electron chi connectivity index (χ0n) is 12.1. The van der Waals surface area contributed by atoms with Crippen molar-refractivity contribution in [3.8, 4) is 0 Å². The van der Waals surface area contributed by atoms with Crippen LogP contribution in [0.1, 0.15) is 21.6 Å². The first-order valence-electron chi connectivity index (χ1n) is 6.15. The number of hydrogen-bond donors (Lipinski definition) is 3. The fraction of sp³-hybridized carbons (Fsp3) is 0.214. The Kier molecular flexibility index (Phi) is 6.35. The lowest BCUT2D eigenvalue weighted by Gasteiger charge is -2.04. The molecule has 6 nitrogen and oxygen atoms in total. The lowest BCUT2D eigenvalue weighted by molar-refractivity contribution is 0.0601. The van der Waals surface area contributed by atoms with Crippen molar-refractivity contribution in [2.45, 2.75) is 13.8 Å². The fourth-order valence-corrected chi connectivity index (χ4v) is 1.48. The second kappa shape index (κ2) is 8.01. The zero-order valence-corrected chi connectivity index (χ0v) is 13.0. The van der Waals surface area contributed by atoms with Crippen LogP contribution in [-0.4, -0.2) is 28.4 Å². The van der Waals surface area contributed by atoms with Crippen molar-refractivity contribution in [1.29, 1.82) is 0 Å². The van der Waals surface area contributed by atoms with E-state index < -0.39 is 0 Å². The Hall–Kier alpha value is -2.41. The van der Waals surface area contributed by atoms with E-state index in [0.29, 0.717) is 5.56 Å². The van der Waals surface area contributed by atoms with Gasteiger partial charge in [0.1, 0.15) is 0 Å². The molecule has 0 saturated carbocycles. The molecule has 4 N–H and O–H groups in total. The Morgan fingerprint density at radius 2 is 1.95 bits per heavy atom. The SMILES string of the molecule is COC(=O)c1ccc(NC(N)=S)cc1.Cc1cn[nH]c1C. The number of H-pyrrole nitrogens is 1. The van der Waals surface area contributed by atoms with Crippen molar-refractivity contribution in [3.05, 3.63) is 47.3 Å². The van der Waals surface area contributed by atoms with Gasteiger partial charge in [-0.05, 0) is 55.9 Å². The number of hydrogen-bond acceptors (Lipinski definition) is 4. The normalized spacial score (nSPS) is 9.29. The molecule has 0 spiro atoms. The van der Waals surface area contributed by atoms with E-state index in [1.54, 1.807) is 24.3 Å². The van der Waals surface area contributed by atoms with Gasteiger partial charge in [-0.25, -0.2) is 4.79 Å². The molecule has 0 atom stereocenters. The standard InChI is InChI=1S/C9H10N2O2S.C5H8N2/c1-13-8(12)6-2-4-7(5-3-6)11-9(10)14;1-4-3-6-7-5(4)2/h2-5H,1H3,(H3,10,11,14);3H,1-2H3,(H,6,7). The average molecular weight is 306 g/mol. The highest BCUT2D eigenvalue weighted by Crippen LogP contribution is 2.09. The highest BCUT2D eigenvalue weighted by atomic mass is 32.1. The quantitative estimate of drug-likeness (QED) is 0.581. The summed E-state index contributed by atoms with van der Waals surface area (Å²) in [6.07, 6.45) is 1.81. The molecule has 0 aliphatic rings. The summed E-state index contributed by atoms with van der Waals surface area (Å²) in [6, 6.07) is 6.66. The first-order chi connectivity index (χ1) is 9.93. The maximum absolute atomic E-state index is 11.1. The number of aryl methyl sites for hydroxylation is 2. The number of aromatic amines is 1. The van der Waals surface area contributed by atoms with Gasteiger partial charge in [0.15, 0.2) is 5.11 Å². The van der Waals surface area contributed by atoms with E-state index in [4.69, 9.17) is 5.73 Å². The number of carbonyl (C=O) groups excluding carboxylic acids is 1. The molecular weight excluding hydrogens is 288 g/mol. The van der Waals surface area contributed by atoms with E-state index >= 15 is 0 Å². The summed E-state index contributed by atoms with van der Waals surface area (Å²) in [5, 5.41) is 9.55. The number of esters is 1. The van der Waals surface area contributed by atoms with E-state index in [-0.39, 0.29) is 11.1 Å². The van der Waals surface area contributed by atoms with Crippen LogP contribution in [0.2, 0.25) is 0 Å². The molecular formula is C14H18N4O2S. The van der Waals surface area contributed by atoms with Crippen LogP contribution >= 0.6 is 12.2 Å². The molecule has 1 heterocycles. The summed E-state index contributed by atoms with van der Waals surface area (Å²) in [7, 11) is 1.34. The Balaban J connectivity index is 0.000000262. The van der Waals surface area contributed by atoms with E-state index in [1.165, 1.54) is 12.7 Å². The second-order valence-electron chi connectivity index (χ2n) is 4.24. The number of anilines is 1. The molecule has 1 aromatic heterocycles. The number of nitrogens with zero attached hydrogens (tertiary/aromatic N) is 1. The van der Waals surface area contributed by atoms with Crippen LogP contribution in [0.15, 0.2) is 30.5 Å². The molecule has 1 aromatic carbocycles. The van der Waals surface area contributed by atoms with Crippen LogP contribution < -0.4 is 11.1 Å². The van der Waals surface area contributed by atoms with Gasteiger partial charge in [0.2, 0.25) is 0 Å². The van der Waals surface area contributed by atoms with Gasteiger partial charge in [-0.1, -0.05) is 0 Å². The predicted octanol–water partition coefficient (Wildman–Crippen LogP) is 2.16. The third-order valence-corrected chi connectivity index (χ3v) is 2.76. The number of nitrogens with one attached hydrogen (secondary N) is 2. The van der Waals surface area contributed by atoms with Crippen molar-refractivity contribution < 1.29 is 9.53 Å². The molecule has 0 aliphatic heterocycles. The highest BCUT2D eigenvalue weighted by Gasteiger charge is 2.03. The molecule has 0 saturated heterocycles. The topological polar surface area (TPSA) is 93.0 Å². The minimum Gasteiger partial charge on any atom is -0.465 e. The number of rotatable bonds is 2.